The highest BCUT2D eigenvalue weighted by Gasteiger charge is 2.10. The highest BCUT2D eigenvalue weighted by molar-refractivity contribution is 6.31. The van der Waals surface area contributed by atoms with Gasteiger partial charge in [-0.2, -0.15) is 0 Å². The molecule has 0 bridgehead atoms. The van der Waals surface area contributed by atoms with Crippen molar-refractivity contribution < 1.29 is 0 Å². The minimum atomic E-state index is 0.0140. The van der Waals surface area contributed by atoms with Gasteiger partial charge in [-0.05, 0) is 48.6 Å². The summed E-state index contributed by atoms with van der Waals surface area (Å²) in [5, 5.41) is 1.56. The molecule has 0 aliphatic heterocycles. The lowest BCUT2D eigenvalue weighted by Crippen LogP contribution is -2.25. The zero-order valence-electron chi connectivity index (χ0n) is 10.9. The van der Waals surface area contributed by atoms with Crippen LogP contribution >= 0.6 is 23.2 Å². The van der Waals surface area contributed by atoms with E-state index in [9.17, 15) is 0 Å². The lowest BCUT2D eigenvalue weighted by Gasteiger charge is -2.14. The molecule has 0 radical (unpaired) electrons. The fourth-order valence-electron chi connectivity index (χ4n) is 2.12. The Morgan fingerprint density at radius 2 is 1.58 bits per heavy atom. The van der Waals surface area contributed by atoms with Gasteiger partial charge >= 0.3 is 0 Å². The van der Waals surface area contributed by atoms with E-state index in [1.165, 1.54) is 0 Å². The average molecular weight is 294 g/mol. The van der Waals surface area contributed by atoms with Crippen molar-refractivity contribution in [1.29, 1.82) is 0 Å². The number of nitrogens with two attached hydrogens (primary N) is 1. The van der Waals surface area contributed by atoms with Crippen LogP contribution in [-0.2, 0) is 12.8 Å². The zero-order valence-corrected chi connectivity index (χ0v) is 12.4. The monoisotopic (exact) mass is 293 g/mol. The zero-order chi connectivity index (χ0) is 13.8. The van der Waals surface area contributed by atoms with E-state index in [0.717, 1.165) is 39.6 Å². The lowest BCUT2D eigenvalue weighted by atomic mass is 9.99. The number of hydrogen-bond donors (Lipinski definition) is 1. The van der Waals surface area contributed by atoms with Gasteiger partial charge in [0, 0.05) is 16.1 Å². The summed E-state index contributed by atoms with van der Waals surface area (Å²) in [5.41, 5.74) is 9.53. The van der Waals surface area contributed by atoms with Gasteiger partial charge in [-0.15, -0.1) is 0 Å². The fraction of sp³-hybridized carbons (Fsp3) is 0.250. The van der Waals surface area contributed by atoms with Gasteiger partial charge in [-0.3, -0.25) is 0 Å². The van der Waals surface area contributed by atoms with Gasteiger partial charge in [-0.25, -0.2) is 0 Å². The van der Waals surface area contributed by atoms with Crippen LogP contribution in [0.1, 0.15) is 16.7 Å². The third-order valence-electron chi connectivity index (χ3n) is 3.13. The van der Waals surface area contributed by atoms with Crippen LogP contribution < -0.4 is 5.73 Å². The molecule has 2 rings (SSSR count). The number of halogens is 2. The van der Waals surface area contributed by atoms with Crippen molar-refractivity contribution in [1.82, 2.24) is 0 Å². The van der Waals surface area contributed by atoms with E-state index in [0.29, 0.717) is 0 Å². The molecule has 0 aromatic heterocycles. The molecule has 0 amide bonds. The van der Waals surface area contributed by atoms with E-state index in [1.807, 2.05) is 43.3 Å². The van der Waals surface area contributed by atoms with E-state index < -0.39 is 0 Å². The Labute approximate surface area is 124 Å². The molecular weight excluding hydrogens is 277 g/mol. The molecule has 2 aromatic rings. The summed E-state index contributed by atoms with van der Waals surface area (Å²) in [5.74, 6) is 0. The Morgan fingerprint density at radius 1 is 0.947 bits per heavy atom. The quantitative estimate of drug-likeness (QED) is 0.887. The summed E-state index contributed by atoms with van der Waals surface area (Å²) in [7, 11) is 0. The van der Waals surface area contributed by atoms with Crippen molar-refractivity contribution in [3.63, 3.8) is 0 Å². The fourth-order valence-corrected chi connectivity index (χ4v) is 2.64. The second-order valence-corrected chi connectivity index (χ2v) is 5.67. The van der Waals surface area contributed by atoms with E-state index in [-0.39, 0.29) is 6.04 Å². The highest BCUT2D eigenvalue weighted by Crippen LogP contribution is 2.21. The molecule has 1 unspecified atom stereocenters. The van der Waals surface area contributed by atoms with Crippen molar-refractivity contribution in [3.05, 3.63) is 69.2 Å². The largest absolute Gasteiger partial charge is 0.327 e. The standard InChI is InChI=1S/C16H17Cl2N/c1-11-6-7-13(16(18)8-11)10-14(19)9-12-4-2-3-5-15(12)17/h2-8,14H,9-10,19H2,1H3. The Morgan fingerprint density at radius 3 is 2.21 bits per heavy atom. The van der Waals surface area contributed by atoms with Crippen LogP contribution in [-0.4, -0.2) is 6.04 Å². The van der Waals surface area contributed by atoms with E-state index in [4.69, 9.17) is 28.9 Å². The first kappa shape index (κ1) is 14.4. The first-order valence-electron chi connectivity index (χ1n) is 6.30. The smallest absolute Gasteiger partial charge is 0.0441 e. The summed E-state index contributed by atoms with van der Waals surface area (Å²) in [6.45, 7) is 2.03. The molecule has 1 nitrogen and oxygen atoms in total. The van der Waals surface area contributed by atoms with Gasteiger partial charge in [0.1, 0.15) is 0 Å². The molecule has 3 heteroatoms. The maximum atomic E-state index is 6.23. The molecule has 0 aliphatic rings. The maximum Gasteiger partial charge on any atom is 0.0441 e. The highest BCUT2D eigenvalue weighted by atomic mass is 35.5. The molecule has 0 heterocycles. The number of aryl methyl sites for hydroxylation is 1. The predicted molar refractivity (Wildman–Crippen MR) is 83.0 cm³/mol. The van der Waals surface area contributed by atoms with Crippen molar-refractivity contribution in [3.8, 4) is 0 Å². The maximum absolute atomic E-state index is 6.23. The van der Waals surface area contributed by atoms with Crippen LogP contribution in [0.5, 0.6) is 0 Å². The van der Waals surface area contributed by atoms with Gasteiger partial charge < -0.3 is 5.73 Å². The van der Waals surface area contributed by atoms with Gasteiger partial charge in [0.15, 0.2) is 0 Å². The first-order chi connectivity index (χ1) is 9.06. The molecule has 0 saturated heterocycles. The van der Waals surface area contributed by atoms with Gasteiger partial charge in [0.25, 0.3) is 0 Å². The van der Waals surface area contributed by atoms with Crippen LogP contribution in [0.4, 0.5) is 0 Å². The van der Waals surface area contributed by atoms with Crippen LogP contribution in [0.15, 0.2) is 42.5 Å². The molecule has 0 aliphatic carbocycles. The topological polar surface area (TPSA) is 26.0 Å². The summed E-state index contributed by atoms with van der Waals surface area (Å²) in [4.78, 5) is 0. The van der Waals surface area contributed by atoms with Gasteiger partial charge in [0.2, 0.25) is 0 Å². The first-order valence-corrected chi connectivity index (χ1v) is 7.06. The molecule has 2 N–H and O–H groups in total. The molecule has 0 fully saturated rings. The lowest BCUT2D eigenvalue weighted by molar-refractivity contribution is 0.665. The summed E-state index contributed by atoms with van der Waals surface area (Å²) < 4.78 is 0. The van der Waals surface area contributed by atoms with Crippen LogP contribution in [0.3, 0.4) is 0 Å². The molecular formula is C16H17Cl2N. The average Bonchev–Trinajstić information content (AvgIpc) is 2.36. The number of rotatable bonds is 4. The van der Waals surface area contributed by atoms with Crippen LogP contribution in [0.2, 0.25) is 10.0 Å². The van der Waals surface area contributed by atoms with E-state index in [1.54, 1.807) is 0 Å². The normalized spacial score (nSPS) is 12.4. The van der Waals surface area contributed by atoms with E-state index >= 15 is 0 Å². The summed E-state index contributed by atoms with van der Waals surface area (Å²) in [6.07, 6.45) is 1.51. The molecule has 1 atom stereocenters. The Bertz CT molecular complexity index is 566. The molecule has 0 spiro atoms. The molecule has 100 valence electrons. The molecule has 0 saturated carbocycles. The van der Waals surface area contributed by atoms with Gasteiger partial charge in [-0.1, -0.05) is 53.5 Å². The minimum Gasteiger partial charge on any atom is -0.327 e. The Balaban J connectivity index is 2.05. The third-order valence-corrected chi connectivity index (χ3v) is 3.85. The Hall–Kier alpha value is -1.02. The summed E-state index contributed by atoms with van der Waals surface area (Å²) >= 11 is 12.4. The van der Waals surface area contributed by atoms with E-state index in [2.05, 4.69) is 6.07 Å². The minimum absolute atomic E-state index is 0.0140. The van der Waals surface area contributed by atoms with Crippen molar-refractivity contribution in [2.45, 2.75) is 25.8 Å². The van der Waals surface area contributed by atoms with Crippen molar-refractivity contribution in [2.75, 3.05) is 0 Å². The SMILES string of the molecule is Cc1ccc(CC(N)Cc2ccccc2Cl)c(Cl)c1. The van der Waals surface area contributed by atoms with Crippen molar-refractivity contribution >= 4 is 23.2 Å². The van der Waals surface area contributed by atoms with Crippen molar-refractivity contribution in [2.24, 2.45) is 5.73 Å². The molecule has 2 aromatic carbocycles. The second-order valence-electron chi connectivity index (χ2n) is 4.85. The number of hydrogen-bond acceptors (Lipinski definition) is 1. The van der Waals surface area contributed by atoms with Crippen LogP contribution in [0.25, 0.3) is 0 Å². The van der Waals surface area contributed by atoms with Gasteiger partial charge in [0.05, 0.1) is 0 Å². The summed E-state index contributed by atoms with van der Waals surface area (Å²) in [6, 6.07) is 13.9. The predicted octanol–water partition coefficient (Wildman–Crippen LogP) is 4.41. The second kappa shape index (κ2) is 6.42. The number of benzene rings is 2. The molecule has 19 heavy (non-hydrogen) atoms. The Kier molecular flexibility index (Phi) is 4.87. The van der Waals surface area contributed by atoms with Crippen LogP contribution in [0, 0.1) is 6.92 Å². The third kappa shape index (κ3) is 3.97.